The Morgan fingerprint density at radius 3 is 2.89 bits per heavy atom. The molecule has 1 atom stereocenters. The fourth-order valence-electron chi connectivity index (χ4n) is 2.35. The molecule has 0 saturated carbocycles. The number of hydrogen-bond donors (Lipinski definition) is 1. The Balaban J connectivity index is 1.59. The molecule has 0 aromatic heterocycles. The maximum atomic E-state index is 11.6. The number of aliphatic carboxylic acids is 1. The molecule has 7 nitrogen and oxygen atoms in total. The molecule has 144 valence electrons. The average molecular weight is 417 g/mol. The van der Waals surface area contributed by atoms with Gasteiger partial charge in [0, 0.05) is 23.0 Å². The van der Waals surface area contributed by atoms with Crippen LogP contribution in [0.1, 0.15) is 17.5 Å². The second-order valence-electron chi connectivity index (χ2n) is 5.77. The first-order valence-electron chi connectivity index (χ1n) is 8.26. The minimum absolute atomic E-state index is 0.249. The molecule has 1 amide bonds. The number of ether oxygens (including phenoxy) is 1. The number of rotatable bonds is 7. The Kier molecular flexibility index (Phi) is 6.67. The van der Waals surface area contributed by atoms with E-state index >= 15 is 0 Å². The standard InChI is InChI=1S/C19H16ClN3O4S/c20-15-7-2-1-5-13(15)11-27-14-6-3-4-12(8-14)10-21-23-19-22-18(26)16(28-19)9-17(24)25/h1-8,10,16H,9,11H2,(H,24,25)(H,22,23,26)/p-1/b21-10-/t16-/m0/s1. The van der Waals surface area contributed by atoms with Gasteiger partial charge >= 0.3 is 0 Å². The van der Waals surface area contributed by atoms with Crippen molar-refractivity contribution < 1.29 is 19.4 Å². The van der Waals surface area contributed by atoms with E-state index in [1.165, 1.54) is 6.21 Å². The third-order valence-corrected chi connectivity index (χ3v) is 5.14. The smallest absolute Gasteiger partial charge is 0.239 e. The van der Waals surface area contributed by atoms with Crippen LogP contribution in [-0.2, 0) is 16.2 Å². The van der Waals surface area contributed by atoms with E-state index in [1.807, 2.05) is 36.4 Å². The molecule has 1 fully saturated rings. The van der Waals surface area contributed by atoms with E-state index in [2.05, 4.69) is 15.5 Å². The van der Waals surface area contributed by atoms with Crippen LogP contribution in [0.3, 0.4) is 0 Å². The lowest BCUT2D eigenvalue weighted by molar-refractivity contribution is -0.305. The van der Waals surface area contributed by atoms with Crippen molar-refractivity contribution in [1.29, 1.82) is 0 Å². The summed E-state index contributed by atoms with van der Waals surface area (Å²) < 4.78 is 5.75. The Morgan fingerprint density at radius 1 is 1.29 bits per heavy atom. The number of carboxylic acids is 1. The molecule has 1 N–H and O–H groups in total. The van der Waals surface area contributed by atoms with Crippen LogP contribution in [0.4, 0.5) is 0 Å². The molecule has 1 saturated heterocycles. The van der Waals surface area contributed by atoms with Crippen LogP contribution in [-0.4, -0.2) is 28.5 Å². The van der Waals surface area contributed by atoms with Crippen LogP contribution in [0.5, 0.6) is 5.75 Å². The van der Waals surface area contributed by atoms with Crippen molar-refractivity contribution in [2.75, 3.05) is 0 Å². The van der Waals surface area contributed by atoms with Gasteiger partial charge in [0.15, 0.2) is 5.17 Å². The van der Waals surface area contributed by atoms with Crippen molar-refractivity contribution in [1.82, 2.24) is 5.32 Å². The van der Waals surface area contributed by atoms with Crippen LogP contribution >= 0.6 is 23.4 Å². The largest absolute Gasteiger partial charge is 0.550 e. The summed E-state index contributed by atoms with van der Waals surface area (Å²) in [6, 6.07) is 14.7. The summed E-state index contributed by atoms with van der Waals surface area (Å²) in [5.41, 5.74) is 1.64. The van der Waals surface area contributed by atoms with Gasteiger partial charge in [-0.2, -0.15) is 5.10 Å². The first-order chi connectivity index (χ1) is 13.5. The highest BCUT2D eigenvalue weighted by Gasteiger charge is 2.30. The molecule has 1 heterocycles. The number of nitrogens with zero attached hydrogens (tertiary/aromatic N) is 2. The molecule has 0 spiro atoms. The number of halogens is 1. The van der Waals surface area contributed by atoms with Crippen LogP contribution in [0.25, 0.3) is 0 Å². The third kappa shape index (κ3) is 5.58. The molecular formula is C19H15ClN3O4S-. The fraction of sp³-hybridized carbons (Fsp3) is 0.158. The minimum Gasteiger partial charge on any atom is -0.550 e. The lowest BCUT2D eigenvalue weighted by Gasteiger charge is -2.08. The molecule has 2 aromatic rings. The molecule has 1 aliphatic heterocycles. The molecular weight excluding hydrogens is 402 g/mol. The molecule has 28 heavy (non-hydrogen) atoms. The van der Waals surface area contributed by atoms with Gasteiger partial charge in [0.05, 0.1) is 11.5 Å². The number of amides is 1. The van der Waals surface area contributed by atoms with Crippen LogP contribution in [0.2, 0.25) is 5.02 Å². The summed E-state index contributed by atoms with van der Waals surface area (Å²) in [5, 5.41) is 21.1. The van der Waals surface area contributed by atoms with Gasteiger partial charge in [-0.3, -0.25) is 4.79 Å². The van der Waals surface area contributed by atoms with Crippen LogP contribution in [0.15, 0.2) is 58.7 Å². The SMILES string of the molecule is O=C([O-])C[C@@H]1S/C(=N\N=C/c2cccc(OCc3ccccc3Cl)c2)NC1=O. The quantitative estimate of drug-likeness (QED) is 0.549. The molecule has 0 bridgehead atoms. The lowest BCUT2D eigenvalue weighted by Crippen LogP contribution is -2.31. The Morgan fingerprint density at radius 2 is 2.11 bits per heavy atom. The van der Waals surface area contributed by atoms with Gasteiger partial charge in [-0.05, 0) is 23.8 Å². The molecule has 9 heteroatoms. The summed E-state index contributed by atoms with van der Waals surface area (Å²) in [4.78, 5) is 22.2. The van der Waals surface area contributed by atoms with E-state index in [-0.39, 0.29) is 11.6 Å². The second kappa shape index (κ2) is 9.38. The van der Waals surface area contributed by atoms with E-state index in [0.29, 0.717) is 17.4 Å². The Hall–Kier alpha value is -2.84. The molecule has 3 rings (SSSR count). The normalized spacial score (nSPS) is 17.8. The van der Waals surface area contributed by atoms with Crippen molar-refractivity contribution >= 4 is 46.6 Å². The number of carbonyl (C=O) groups excluding carboxylic acids is 2. The predicted octanol–water partition coefficient (Wildman–Crippen LogP) is 1.98. The van der Waals surface area contributed by atoms with Gasteiger partial charge in [-0.25, -0.2) is 0 Å². The van der Waals surface area contributed by atoms with Crippen molar-refractivity contribution in [3.8, 4) is 5.75 Å². The van der Waals surface area contributed by atoms with Gasteiger partial charge < -0.3 is 20.0 Å². The first-order valence-corrected chi connectivity index (χ1v) is 9.51. The maximum absolute atomic E-state index is 11.6. The number of benzene rings is 2. The highest BCUT2D eigenvalue weighted by molar-refractivity contribution is 8.15. The highest BCUT2D eigenvalue weighted by atomic mass is 35.5. The van der Waals surface area contributed by atoms with Crippen LogP contribution < -0.4 is 15.2 Å². The molecule has 0 aliphatic carbocycles. The van der Waals surface area contributed by atoms with Crippen molar-refractivity contribution in [3.63, 3.8) is 0 Å². The number of hydrogen-bond acceptors (Lipinski definition) is 7. The van der Waals surface area contributed by atoms with E-state index in [4.69, 9.17) is 16.3 Å². The number of thioether (sulfide) groups is 1. The minimum atomic E-state index is -1.29. The van der Waals surface area contributed by atoms with Gasteiger partial charge in [0.25, 0.3) is 0 Å². The van der Waals surface area contributed by atoms with Gasteiger partial charge in [-0.15, -0.1) is 5.10 Å². The summed E-state index contributed by atoms with van der Waals surface area (Å²) in [5.74, 6) is -1.06. The maximum Gasteiger partial charge on any atom is 0.239 e. The summed E-state index contributed by atoms with van der Waals surface area (Å²) >= 11 is 7.13. The van der Waals surface area contributed by atoms with Gasteiger partial charge in [0.1, 0.15) is 12.4 Å². The topological polar surface area (TPSA) is 103 Å². The van der Waals surface area contributed by atoms with Crippen molar-refractivity contribution in [2.24, 2.45) is 10.2 Å². The van der Waals surface area contributed by atoms with Gasteiger partial charge in [-0.1, -0.05) is 53.7 Å². The molecule has 2 aromatic carbocycles. The predicted molar refractivity (Wildman–Crippen MR) is 106 cm³/mol. The first kappa shape index (κ1) is 19.9. The molecule has 0 unspecified atom stereocenters. The zero-order chi connectivity index (χ0) is 19.9. The van der Waals surface area contributed by atoms with E-state index in [0.717, 1.165) is 22.9 Å². The number of amidine groups is 1. The number of carbonyl (C=O) groups is 2. The number of nitrogens with one attached hydrogen (secondary N) is 1. The summed E-state index contributed by atoms with van der Waals surface area (Å²) in [6.45, 7) is 0.338. The van der Waals surface area contributed by atoms with Crippen molar-refractivity contribution in [3.05, 3.63) is 64.7 Å². The van der Waals surface area contributed by atoms with Gasteiger partial charge in [0.2, 0.25) is 5.91 Å². The Labute approximate surface area is 170 Å². The monoisotopic (exact) mass is 416 g/mol. The van der Waals surface area contributed by atoms with E-state index in [9.17, 15) is 14.7 Å². The zero-order valence-electron chi connectivity index (χ0n) is 14.5. The fourth-order valence-corrected chi connectivity index (χ4v) is 3.45. The zero-order valence-corrected chi connectivity index (χ0v) is 16.1. The highest BCUT2D eigenvalue weighted by Crippen LogP contribution is 2.22. The average Bonchev–Trinajstić information content (AvgIpc) is 3.00. The second-order valence-corrected chi connectivity index (χ2v) is 7.37. The molecule has 0 radical (unpaired) electrons. The number of carboxylic acid groups (broad SMARTS) is 1. The Bertz CT molecular complexity index is 948. The lowest BCUT2D eigenvalue weighted by atomic mass is 10.2. The summed E-state index contributed by atoms with van der Waals surface area (Å²) in [7, 11) is 0. The van der Waals surface area contributed by atoms with E-state index < -0.39 is 17.1 Å². The third-order valence-electron chi connectivity index (χ3n) is 3.69. The van der Waals surface area contributed by atoms with Crippen molar-refractivity contribution in [2.45, 2.75) is 18.3 Å². The van der Waals surface area contributed by atoms with Crippen LogP contribution in [0, 0.1) is 0 Å². The summed E-state index contributed by atoms with van der Waals surface area (Å²) in [6.07, 6.45) is 1.14. The molecule has 1 aliphatic rings. The van der Waals surface area contributed by atoms with E-state index in [1.54, 1.807) is 12.1 Å².